The molecule has 0 amide bonds. The third-order valence-electron chi connectivity index (χ3n) is 4.39. The Morgan fingerprint density at radius 1 is 1.32 bits per heavy atom. The summed E-state index contributed by atoms with van der Waals surface area (Å²) in [6.45, 7) is 7.63. The Labute approximate surface area is 119 Å². The average Bonchev–Trinajstić information content (AvgIpc) is 2.91. The van der Waals surface area contributed by atoms with Crippen LogP contribution in [0.3, 0.4) is 0 Å². The lowest BCUT2D eigenvalue weighted by atomic mass is 10.0. The summed E-state index contributed by atoms with van der Waals surface area (Å²) in [7, 11) is 0. The molecule has 0 radical (unpaired) electrons. The van der Waals surface area contributed by atoms with Crippen molar-refractivity contribution in [3.05, 3.63) is 34.7 Å². The van der Waals surface area contributed by atoms with E-state index in [0.717, 1.165) is 6.54 Å². The summed E-state index contributed by atoms with van der Waals surface area (Å²) in [6.07, 6.45) is 2.61. The van der Waals surface area contributed by atoms with Crippen molar-refractivity contribution in [3.63, 3.8) is 0 Å². The van der Waals surface area contributed by atoms with Crippen molar-refractivity contribution in [2.75, 3.05) is 6.54 Å². The normalized spacial score (nSPS) is 19.3. The molecule has 2 N–H and O–H groups in total. The first-order valence-corrected chi connectivity index (χ1v) is 7.88. The molecule has 2 aromatic rings. The van der Waals surface area contributed by atoms with Gasteiger partial charge in [-0.3, -0.25) is 4.90 Å². The zero-order valence-electron chi connectivity index (χ0n) is 11.8. The van der Waals surface area contributed by atoms with Crippen LogP contribution in [0.1, 0.15) is 37.1 Å². The summed E-state index contributed by atoms with van der Waals surface area (Å²) in [5.74, 6) is 0. The predicted molar refractivity (Wildman–Crippen MR) is 83.4 cm³/mol. The van der Waals surface area contributed by atoms with Gasteiger partial charge in [0.05, 0.1) is 0 Å². The first kappa shape index (κ1) is 13.1. The van der Waals surface area contributed by atoms with Crippen LogP contribution in [-0.2, 0) is 13.1 Å². The number of likely N-dealkylation sites (tertiary alicyclic amines) is 1. The number of hydrogen-bond acceptors (Lipinski definition) is 3. The van der Waals surface area contributed by atoms with Crippen LogP contribution in [0.5, 0.6) is 0 Å². The van der Waals surface area contributed by atoms with Crippen LogP contribution in [0.2, 0.25) is 0 Å². The molecule has 19 heavy (non-hydrogen) atoms. The van der Waals surface area contributed by atoms with Crippen molar-refractivity contribution in [1.29, 1.82) is 0 Å². The van der Waals surface area contributed by atoms with E-state index in [4.69, 9.17) is 5.73 Å². The van der Waals surface area contributed by atoms with Gasteiger partial charge >= 0.3 is 0 Å². The third kappa shape index (κ3) is 2.31. The summed E-state index contributed by atoms with van der Waals surface area (Å²) >= 11 is 1.86. The maximum atomic E-state index is 5.95. The van der Waals surface area contributed by atoms with E-state index in [2.05, 4.69) is 43.0 Å². The van der Waals surface area contributed by atoms with Crippen molar-refractivity contribution < 1.29 is 0 Å². The minimum Gasteiger partial charge on any atom is -0.326 e. The number of rotatable bonds is 3. The van der Waals surface area contributed by atoms with Crippen LogP contribution in [-0.4, -0.2) is 17.0 Å². The standard InChI is InChI=1S/C16H22N2S/c1-16(2)8-5-9-18(16)11-13-12-6-3-4-7-14(12)19-15(13)10-17/h3-4,6-7H,5,8-11,17H2,1-2H3. The maximum Gasteiger partial charge on any atom is 0.0349 e. The molecule has 1 aromatic carbocycles. The Kier molecular flexibility index (Phi) is 3.37. The molecule has 0 spiro atoms. The molecular weight excluding hydrogens is 252 g/mol. The number of benzene rings is 1. The molecule has 1 aliphatic heterocycles. The second kappa shape index (κ2) is 4.89. The van der Waals surface area contributed by atoms with Gasteiger partial charge in [-0.1, -0.05) is 18.2 Å². The molecule has 1 fully saturated rings. The van der Waals surface area contributed by atoms with Crippen molar-refractivity contribution in [3.8, 4) is 0 Å². The number of fused-ring (bicyclic) bond motifs is 1. The minimum atomic E-state index is 0.328. The van der Waals surface area contributed by atoms with Crippen molar-refractivity contribution in [2.45, 2.75) is 45.3 Å². The monoisotopic (exact) mass is 274 g/mol. The number of thiophene rings is 1. The van der Waals surface area contributed by atoms with Gasteiger partial charge in [0.2, 0.25) is 0 Å². The van der Waals surface area contributed by atoms with Crippen LogP contribution >= 0.6 is 11.3 Å². The Hall–Kier alpha value is -0.900. The Bertz CT molecular complexity index is 585. The first-order chi connectivity index (χ1) is 9.12. The highest BCUT2D eigenvalue weighted by atomic mass is 32.1. The molecular formula is C16H22N2S. The highest BCUT2D eigenvalue weighted by molar-refractivity contribution is 7.19. The SMILES string of the molecule is CC1(C)CCCN1Cc1c(CN)sc2ccccc12. The number of nitrogens with zero attached hydrogens (tertiary/aromatic N) is 1. The molecule has 1 aromatic heterocycles. The number of hydrogen-bond donors (Lipinski definition) is 1. The molecule has 0 bridgehead atoms. The molecule has 0 atom stereocenters. The molecule has 3 rings (SSSR count). The zero-order chi connectivity index (χ0) is 13.5. The summed E-state index contributed by atoms with van der Waals surface area (Å²) in [4.78, 5) is 3.96. The fraction of sp³-hybridized carbons (Fsp3) is 0.500. The fourth-order valence-electron chi connectivity index (χ4n) is 3.13. The molecule has 0 saturated carbocycles. The Morgan fingerprint density at radius 3 is 2.79 bits per heavy atom. The van der Waals surface area contributed by atoms with Crippen molar-refractivity contribution >= 4 is 21.4 Å². The molecule has 2 heterocycles. The minimum absolute atomic E-state index is 0.328. The lowest BCUT2D eigenvalue weighted by Gasteiger charge is -2.31. The van der Waals surface area contributed by atoms with E-state index in [0.29, 0.717) is 12.1 Å². The van der Waals surface area contributed by atoms with Crippen LogP contribution < -0.4 is 5.73 Å². The highest BCUT2D eigenvalue weighted by Gasteiger charge is 2.32. The van der Waals surface area contributed by atoms with Crippen molar-refractivity contribution in [1.82, 2.24) is 4.90 Å². The highest BCUT2D eigenvalue weighted by Crippen LogP contribution is 2.36. The summed E-state index contributed by atoms with van der Waals surface area (Å²) in [5, 5.41) is 1.40. The van der Waals surface area contributed by atoms with E-state index in [-0.39, 0.29) is 0 Å². The van der Waals surface area contributed by atoms with E-state index in [9.17, 15) is 0 Å². The number of nitrogens with two attached hydrogens (primary N) is 1. The summed E-state index contributed by atoms with van der Waals surface area (Å²) in [5.41, 5.74) is 7.73. The van der Waals surface area contributed by atoms with E-state index >= 15 is 0 Å². The molecule has 1 aliphatic rings. The van der Waals surface area contributed by atoms with Gasteiger partial charge in [0, 0.05) is 28.2 Å². The molecule has 1 saturated heterocycles. The third-order valence-corrected chi connectivity index (χ3v) is 5.62. The first-order valence-electron chi connectivity index (χ1n) is 7.06. The van der Waals surface area contributed by atoms with E-state index in [1.165, 1.54) is 39.9 Å². The molecule has 3 heteroatoms. The lowest BCUT2D eigenvalue weighted by molar-refractivity contribution is 0.167. The topological polar surface area (TPSA) is 29.3 Å². The van der Waals surface area contributed by atoms with Gasteiger partial charge < -0.3 is 5.73 Å². The molecule has 102 valence electrons. The van der Waals surface area contributed by atoms with E-state index in [1.54, 1.807) is 0 Å². The molecule has 2 nitrogen and oxygen atoms in total. The van der Waals surface area contributed by atoms with Gasteiger partial charge in [-0.05, 0) is 50.2 Å². The van der Waals surface area contributed by atoms with E-state index in [1.807, 2.05) is 11.3 Å². The van der Waals surface area contributed by atoms with E-state index < -0.39 is 0 Å². The van der Waals surface area contributed by atoms with Crippen LogP contribution in [0.4, 0.5) is 0 Å². The van der Waals surface area contributed by atoms with Crippen LogP contribution in [0.25, 0.3) is 10.1 Å². The smallest absolute Gasteiger partial charge is 0.0349 e. The quantitative estimate of drug-likeness (QED) is 0.924. The average molecular weight is 274 g/mol. The van der Waals surface area contributed by atoms with Gasteiger partial charge in [0.15, 0.2) is 0 Å². The Morgan fingerprint density at radius 2 is 2.11 bits per heavy atom. The predicted octanol–water partition coefficient (Wildman–Crippen LogP) is 3.73. The van der Waals surface area contributed by atoms with Gasteiger partial charge in [-0.2, -0.15) is 0 Å². The van der Waals surface area contributed by atoms with Gasteiger partial charge in [0.1, 0.15) is 0 Å². The van der Waals surface area contributed by atoms with Crippen LogP contribution in [0.15, 0.2) is 24.3 Å². The van der Waals surface area contributed by atoms with Gasteiger partial charge in [0.25, 0.3) is 0 Å². The van der Waals surface area contributed by atoms with Crippen LogP contribution in [0, 0.1) is 0 Å². The van der Waals surface area contributed by atoms with Gasteiger partial charge in [-0.15, -0.1) is 11.3 Å². The molecule has 0 aliphatic carbocycles. The second-order valence-electron chi connectivity index (χ2n) is 6.04. The molecule has 0 unspecified atom stereocenters. The van der Waals surface area contributed by atoms with Crippen molar-refractivity contribution in [2.24, 2.45) is 5.73 Å². The lowest BCUT2D eigenvalue weighted by Crippen LogP contribution is -2.37. The summed E-state index contributed by atoms with van der Waals surface area (Å²) in [6, 6.07) is 8.69. The van der Waals surface area contributed by atoms with Gasteiger partial charge in [-0.25, -0.2) is 0 Å². The Balaban J connectivity index is 2.00. The summed E-state index contributed by atoms with van der Waals surface area (Å²) < 4.78 is 1.37. The maximum absolute atomic E-state index is 5.95. The zero-order valence-corrected chi connectivity index (χ0v) is 12.6. The second-order valence-corrected chi connectivity index (χ2v) is 7.18. The largest absolute Gasteiger partial charge is 0.326 e. The fourth-order valence-corrected chi connectivity index (χ4v) is 4.23.